The second-order valence-corrected chi connectivity index (χ2v) is 4.53. The Bertz CT molecular complexity index is 616. The highest BCUT2D eigenvalue weighted by atomic mass is 32.2. The molecule has 0 saturated carbocycles. The molecule has 0 aliphatic heterocycles. The molecule has 0 atom stereocenters. The first-order chi connectivity index (χ1) is 8.20. The van der Waals surface area contributed by atoms with Gasteiger partial charge in [-0.3, -0.25) is 14.3 Å². The fourth-order valence-corrected chi connectivity index (χ4v) is 2.52. The lowest BCUT2D eigenvalue weighted by Crippen LogP contribution is -2.30. The van der Waals surface area contributed by atoms with Crippen LogP contribution in [0.5, 0.6) is 0 Å². The van der Waals surface area contributed by atoms with Gasteiger partial charge in [-0.1, -0.05) is 30.0 Å². The Hall–Kier alpha value is -1.75. The van der Waals surface area contributed by atoms with Crippen molar-refractivity contribution in [1.82, 2.24) is 9.55 Å². The molecule has 0 spiro atoms. The van der Waals surface area contributed by atoms with Crippen molar-refractivity contribution in [2.75, 3.05) is 0 Å². The third-order valence-electron chi connectivity index (χ3n) is 2.28. The summed E-state index contributed by atoms with van der Waals surface area (Å²) in [6.45, 7) is 2.40. The number of aromatic nitrogens is 2. The second-order valence-electron chi connectivity index (χ2n) is 3.44. The fraction of sp³-hybridized carbons (Fsp3) is 0.167. The molecule has 2 aromatic rings. The lowest BCUT2D eigenvalue weighted by molar-refractivity contribution is 0.628. The van der Waals surface area contributed by atoms with E-state index < -0.39 is 0 Å². The quantitative estimate of drug-likeness (QED) is 0.841. The van der Waals surface area contributed by atoms with Crippen molar-refractivity contribution in [3.05, 3.63) is 57.2 Å². The number of benzene rings is 1. The van der Waals surface area contributed by atoms with E-state index in [9.17, 15) is 9.59 Å². The monoisotopic (exact) mass is 248 g/mol. The highest BCUT2D eigenvalue weighted by molar-refractivity contribution is 7.99. The van der Waals surface area contributed by atoms with Gasteiger partial charge in [0.25, 0.3) is 5.56 Å². The Kier molecular flexibility index (Phi) is 3.49. The summed E-state index contributed by atoms with van der Waals surface area (Å²) < 4.78 is 1.54. The van der Waals surface area contributed by atoms with E-state index in [1.807, 2.05) is 37.3 Å². The molecule has 0 bridgehead atoms. The van der Waals surface area contributed by atoms with Crippen molar-refractivity contribution in [2.24, 2.45) is 0 Å². The van der Waals surface area contributed by atoms with E-state index in [4.69, 9.17) is 0 Å². The molecule has 1 aromatic heterocycles. The van der Waals surface area contributed by atoms with E-state index in [1.54, 1.807) is 4.57 Å². The van der Waals surface area contributed by atoms with Gasteiger partial charge in [0, 0.05) is 17.5 Å². The highest BCUT2D eigenvalue weighted by Crippen LogP contribution is 2.25. The van der Waals surface area contributed by atoms with Crippen molar-refractivity contribution in [2.45, 2.75) is 23.4 Å². The van der Waals surface area contributed by atoms with Gasteiger partial charge in [0.2, 0.25) is 0 Å². The molecule has 88 valence electrons. The molecular formula is C12H12N2O2S. The predicted molar refractivity (Wildman–Crippen MR) is 67.6 cm³/mol. The van der Waals surface area contributed by atoms with Crippen LogP contribution in [0.2, 0.25) is 0 Å². The first-order valence-corrected chi connectivity index (χ1v) is 6.09. The number of nitrogens with one attached hydrogen (secondary N) is 1. The zero-order chi connectivity index (χ0) is 12.3. The fourth-order valence-electron chi connectivity index (χ4n) is 1.49. The molecule has 0 aliphatic carbocycles. The maximum absolute atomic E-state index is 11.6. The van der Waals surface area contributed by atoms with Gasteiger partial charge in [-0.05, 0) is 19.1 Å². The number of hydrogen-bond acceptors (Lipinski definition) is 3. The van der Waals surface area contributed by atoms with E-state index in [2.05, 4.69) is 4.98 Å². The first kappa shape index (κ1) is 11.7. The number of rotatable bonds is 3. The van der Waals surface area contributed by atoms with Crippen molar-refractivity contribution in [3.63, 3.8) is 0 Å². The van der Waals surface area contributed by atoms with Gasteiger partial charge >= 0.3 is 5.69 Å². The lowest BCUT2D eigenvalue weighted by atomic mass is 10.4. The van der Waals surface area contributed by atoms with Crippen molar-refractivity contribution < 1.29 is 0 Å². The summed E-state index contributed by atoms with van der Waals surface area (Å²) in [7, 11) is 0. The van der Waals surface area contributed by atoms with Gasteiger partial charge in [-0.15, -0.1) is 0 Å². The average molecular weight is 248 g/mol. The molecule has 4 nitrogen and oxygen atoms in total. The molecule has 1 N–H and O–H groups in total. The van der Waals surface area contributed by atoms with Crippen LogP contribution in [-0.4, -0.2) is 9.55 Å². The summed E-state index contributed by atoms with van der Waals surface area (Å²) in [5, 5.41) is 0.660. The molecule has 0 radical (unpaired) electrons. The van der Waals surface area contributed by atoms with Crippen LogP contribution in [0.3, 0.4) is 0 Å². The molecular weight excluding hydrogens is 236 g/mol. The third kappa shape index (κ3) is 2.68. The lowest BCUT2D eigenvalue weighted by Gasteiger charge is -2.08. The summed E-state index contributed by atoms with van der Waals surface area (Å²) in [5.41, 5.74) is -0.725. The predicted octanol–water partition coefficient (Wildman–Crippen LogP) is 1.71. The van der Waals surface area contributed by atoms with Crippen LogP contribution in [0.25, 0.3) is 0 Å². The molecule has 0 saturated heterocycles. The molecule has 1 aromatic carbocycles. The number of H-pyrrole nitrogens is 1. The Morgan fingerprint density at radius 1 is 1.24 bits per heavy atom. The molecule has 0 aliphatic rings. The van der Waals surface area contributed by atoms with Crippen LogP contribution in [0.1, 0.15) is 6.92 Å². The van der Waals surface area contributed by atoms with E-state index in [-0.39, 0.29) is 11.2 Å². The Morgan fingerprint density at radius 3 is 2.59 bits per heavy atom. The Morgan fingerprint density at radius 2 is 1.94 bits per heavy atom. The first-order valence-electron chi connectivity index (χ1n) is 5.28. The van der Waals surface area contributed by atoms with E-state index >= 15 is 0 Å². The zero-order valence-corrected chi connectivity index (χ0v) is 10.2. The molecule has 0 unspecified atom stereocenters. The summed E-state index contributed by atoms with van der Waals surface area (Å²) >= 11 is 1.41. The average Bonchev–Trinajstić information content (AvgIpc) is 2.30. The largest absolute Gasteiger partial charge is 0.329 e. The van der Waals surface area contributed by atoms with Gasteiger partial charge < -0.3 is 0 Å². The van der Waals surface area contributed by atoms with Gasteiger partial charge in [-0.25, -0.2) is 4.79 Å². The SMILES string of the molecule is CCn1c(Sc2ccccc2)cc(=O)[nH]c1=O. The molecule has 1 heterocycles. The number of hydrogen-bond donors (Lipinski definition) is 1. The van der Waals surface area contributed by atoms with Gasteiger partial charge in [-0.2, -0.15) is 0 Å². The number of aromatic amines is 1. The van der Waals surface area contributed by atoms with Crippen molar-refractivity contribution in [3.8, 4) is 0 Å². The van der Waals surface area contributed by atoms with Gasteiger partial charge in [0.1, 0.15) is 0 Å². The standard InChI is InChI=1S/C12H12N2O2S/c1-2-14-11(8-10(15)13-12(14)16)17-9-6-4-3-5-7-9/h3-8H,2H2,1H3,(H,13,15,16). The molecule has 5 heteroatoms. The van der Waals surface area contributed by atoms with Crippen molar-refractivity contribution in [1.29, 1.82) is 0 Å². The minimum atomic E-state index is -0.363. The van der Waals surface area contributed by atoms with E-state index in [1.165, 1.54) is 17.8 Å². The van der Waals surface area contributed by atoms with Crippen LogP contribution in [-0.2, 0) is 6.54 Å². The number of nitrogens with zero attached hydrogens (tertiary/aromatic N) is 1. The van der Waals surface area contributed by atoms with Crippen LogP contribution in [0, 0.1) is 0 Å². The van der Waals surface area contributed by atoms with Crippen LogP contribution in [0.4, 0.5) is 0 Å². The molecule has 0 fully saturated rings. The topological polar surface area (TPSA) is 54.9 Å². The maximum atomic E-state index is 11.6. The normalized spacial score (nSPS) is 10.4. The Balaban J connectivity index is 2.45. The molecule has 0 amide bonds. The van der Waals surface area contributed by atoms with Crippen LogP contribution in [0.15, 0.2) is 55.9 Å². The zero-order valence-electron chi connectivity index (χ0n) is 9.34. The summed E-state index contributed by atoms with van der Waals surface area (Å²) in [5.74, 6) is 0. The summed E-state index contributed by atoms with van der Waals surface area (Å²) in [4.78, 5) is 26.1. The third-order valence-corrected chi connectivity index (χ3v) is 3.33. The molecule has 17 heavy (non-hydrogen) atoms. The second kappa shape index (κ2) is 5.05. The maximum Gasteiger partial charge on any atom is 0.329 e. The van der Waals surface area contributed by atoms with Crippen LogP contribution >= 0.6 is 11.8 Å². The minimum Gasteiger partial charge on any atom is -0.288 e. The smallest absolute Gasteiger partial charge is 0.288 e. The van der Waals surface area contributed by atoms with Gasteiger partial charge in [0.05, 0.1) is 5.03 Å². The Labute approximate surface area is 102 Å². The summed E-state index contributed by atoms with van der Waals surface area (Å²) in [6.07, 6.45) is 0. The minimum absolute atomic E-state index is 0.363. The summed E-state index contributed by atoms with van der Waals surface area (Å²) in [6, 6.07) is 11.1. The van der Waals surface area contributed by atoms with Crippen LogP contribution < -0.4 is 11.2 Å². The van der Waals surface area contributed by atoms with E-state index in [0.717, 1.165) is 4.90 Å². The van der Waals surface area contributed by atoms with E-state index in [0.29, 0.717) is 11.6 Å². The van der Waals surface area contributed by atoms with Crippen molar-refractivity contribution >= 4 is 11.8 Å². The highest BCUT2D eigenvalue weighted by Gasteiger charge is 2.05. The van der Waals surface area contributed by atoms with Gasteiger partial charge in [0.15, 0.2) is 0 Å². The molecule has 2 rings (SSSR count).